The molecule has 0 aromatic heterocycles. The van der Waals surface area contributed by atoms with Crippen molar-refractivity contribution in [3.8, 4) is 0 Å². The number of carbonyl (C=O) groups excluding carboxylic acids is 2. The second kappa shape index (κ2) is 4.93. The van der Waals surface area contributed by atoms with Crippen molar-refractivity contribution in [1.29, 1.82) is 0 Å². The zero-order valence-corrected chi connectivity index (χ0v) is 11.2. The number of rotatable bonds is 2. The van der Waals surface area contributed by atoms with Crippen LogP contribution in [-0.2, 0) is 11.2 Å². The first-order valence-electron chi connectivity index (χ1n) is 6.63. The van der Waals surface area contributed by atoms with E-state index >= 15 is 0 Å². The molecule has 0 bridgehead atoms. The molecule has 1 heterocycles. The first-order chi connectivity index (χ1) is 9.68. The van der Waals surface area contributed by atoms with Gasteiger partial charge >= 0.3 is 0 Å². The average molecular weight is 265 g/mol. The predicted octanol–water partition coefficient (Wildman–Crippen LogP) is 2.70. The van der Waals surface area contributed by atoms with Gasteiger partial charge in [0.2, 0.25) is 5.91 Å². The number of para-hydroxylation sites is 1. The lowest BCUT2D eigenvalue weighted by Gasteiger charge is -2.30. The van der Waals surface area contributed by atoms with Gasteiger partial charge in [-0.1, -0.05) is 42.5 Å². The van der Waals surface area contributed by atoms with E-state index in [9.17, 15) is 9.59 Å². The Morgan fingerprint density at radius 3 is 2.35 bits per heavy atom. The lowest BCUT2D eigenvalue weighted by Crippen LogP contribution is -2.43. The van der Waals surface area contributed by atoms with E-state index < -0.39 is 5.92 Å². The molecule has 20 heavy (non-hydrogen) atoms. The van der Waals surface area contributed by atoms with Crippen molar-refractivity contribution in [2.75, 3.05) is 11.9 Å². The van der Waals surface area contributed by atoms with Gasteiger partial charge in [-0.25, -0.2) is 0 Å². The van der Waals surface area contributed by atoms with Crippen molar-refractivity contribution in [2.24, 2.45) is 5.92 Å². The number of hydrogen-bond donors (Lipinski definition) is 0. The van der Waals surface area contributed by atoms with E-state index in [-0.39, 0.29) is 11.7 Å². The highest BCUT2D eigenvalue weighted by atomic mass is 16.2. The van der Waals surface area contributed by atoms with Crippen molar-refractivity contribution in [3.05, 3.63) is 65.7 Å². The van der Waals surface area contributed by atoms with Crippen LogP contribution in [0.5, 0.6) is 0 Å². The highest BCUT2D eigenvalue weighted by Gasteiger charge is 2.37. The third kappa shape index (κ3) is 2.01. The smallest absolute Gasteiger partial charge is 0.238 e. The Hall–Kier alpha value is -2.42. The van der Waals surface area contributed by atoms with Crippen molar-refractivity contribution in [3.63, 3.8) is 0 Å². The van der Waals surface area contributed by atoms with Crippen LogP contribution < -0.4 is 4.90 Å². The van der Waals surface area contributed by atoms with Gasteiger partial charge in [-0.2, -0.15) is 0 Å². The number of ketones is 1. The fourth-order valence-corrected chi connectivity index (χ4v) is 2.66. The summed E-state index contributed by atoms with van der Waals surface area (Å²) < 4.78 is 0. The van der Waals surface area contributed by atoms with Gasteiger partial charge < -0.3 is 4.90 Å². The first kappa shape index (κ1) is 12.6. The lowest BCUT2D eigenvalue weighted by atomic mass is 9.86. The standard InChI is InChI=1S/C17H15NO2/c1-18-15-10-6-5-9-13(15)16(19)14(17(18)20)11-12-7-3-2-4-8-12/h2-10,14H,11H2,1H3. The molecule has 0 aliphatic carbocycles. The van der Waals surface area contributed by atoms with Crippen LogP contribution >= 0.6 is 0 Å². The summed E-state index contributed by atoms with van der Waals surface area (Å²) in [6, 6.07) is 16.9. The third-order valence-electron chi connectivity index (χ3n) is 3.76. The van der Waals surface area contributed by atoms with Crippen molar-refractivity contribution in [1.82, 2.24) is 0 Å². The van der Waals surface area contributed by atoms with Gasteiger partial charge in [0.1, 0.15) is 5.92 Å². The number of hydrogen-bond acceptors (Lipinski definition) is 2. The molecule has 0 saturated carbocycles. The lowest BCUT2D eigenvalue weighted by molar-refractivity contribution is -0.120. The topological polar surface area (TPSA) is 37.4 Å². The maximum Gasteiger partial charge on any atom is 0.238 e. The number of nitrogens with zero attached hydrogens (tertiary/aromatic N) is 1. The summed E-state index contributed by atoms with van der Waals surface area (Å²) in [7, 11) is 1.73. The van der Waals surface area contributed by atoms with Crippen LogP contribution in [-0.4, -0.2) is 18.7 Å². The van der Waals surface area contributed by atoms with Gasteiger partial charge in [0.15, 0.2) is 5.78 Å². The van der Waals surface area contributed by atoms with Crippen LogP contribution in [0.25, 0.3) is 0 Å². The zero-order chi connectivity index (χ0) is 14.1. The van der Waals surface area contributed by atoms with Gasteiger partial charge in [-0.3, -0.25) is 9.59 Å². The highest BCUT2D eigenvalue weighted by molar-refractivity contribution is 6.21. The van der Waals surface area contributed by atoms with Crippen molar-refractivity contribution >= 4 is 17.4 Å². The minimum Gasteiger partial charge on any atom is -0.314 e. The average Bonchev–Trinajstić information content (AvgIpc) is 2.50. The molecule has 1 aliphatic rings. The largest absolute Gasteiger partial charge is 0.314 e. The molecule has 1 unspecified atom stereocenters. The molecule has 2 aromatic rings. The van der Waals surface area contributed by atoms with Gasteiger partial charge in [-0.15, -0.1) is 0 Å². The maximum absolute atomic E-state index is 12.5. The molecular weight excluding hydrogens is 250 g/mol. The molecule has 1 atom stereocenters. The van der Waals surface area contributed by atoms with Crippen molar-refractivity contribution in [2.45, 2.75) is 6.42 Å². The van der Waals surface area contributed by atoms with E-state index in [1.165, 1.54) is 0 Å². The summed E-state index contributed by atoms with van der Waals surface area (Å²) in [6.45, 7) is 0. The molecule has 3 nitrogen and oxygen atoms in total. The molecule has 100 valence electrons. The van der Waals surface area contributed by atoms with Gasteiger partial charge in [0.25, 0.3) is 0 Å². The van der Waals surface area contributed by atoms with Crippen LogP contribution in [0.3, 0.4) is 0 Å². The van der Waals surface area contributed by atoms with Crippen LogP contribution in [0.15, 0.2) is 54.6 Å². The molecule has 0 N–H and O–H groups in total. The van der Waals surface area contributed by atoms with Crippen molar-refractivity contribution < 1.29 is 9.59 Å². The third-order valence-corrected chi connectivity index (χ3v) is 3.76. The number of benzene rings is 2. The van der Waals surface area contributed by atoms with Gasteiger partial charge in [-0.05, 0) is 24.1 Å². The minimum atomic E-state index is -0.614. The summed E-state index contributed by atoms with van der Waals surface area (Å²) in [6.07, 6.45) is 0.456. The van der Waals surface area contributed by atoms with Crippen LogP contribution in [0.1, 0.15) is 15.9 Å². The van der Waals surface area contributed by atoms with E-state index in [0.717, 1.165) is 5.56 Å². The zero-order valence-electron chi connectivity index (χ0n) is 11.2. The molecule has 0 saturated heterocycles. The summed E-state index contributed by atoms with van der Waals surface area (Å²) in [5, 5.41) is 0. The first-order valence-corrected chi connectivity index (χ1v) is 6.63. The number of Topliss-reactive ketones (excluding diaryl/α,β-unsaturated/α-hetero) is 1. The molecule has 0 spiro atoms. The summed E-state index contributed by atoms with van der Waals surface area (Å²) in [5.74, 6) is -0.817. The molecule has 2 aromatic carbocycles. The quantitative estimate of drug-likeness (QED) is 0.783. The van der Waals surface area contributed by atoms with E-state index in [1.807, 2.05) is 48.5 Å². The number of carbonyl (C=O) groups is 2. The van der Waals surface area contributed by atoms with E-state index in [0.29, 0.717) is 17.7 Å². The number of fused-ring (bicyclic) bond motifs is 1. The van der Waals surface area contributed by atoms with Crippen LogP contribution in [0.2, 0.25) is 0 Å². The summed E-state index contributed by atoms with van der Waals surface area (Å²) in [4.78, 5) is 26.5. The predicted molar refractivity (Wildman–Crippen MR) is 77.8 cm³/mol. The molecule has 0 radical (unpaired) electrons. The summed E-state index contributed by atoms with van der Waals surface area (Å²) >= 11 is 0. The fraction of sp³-hybridized carbons (Fsp3) is 0.176. The van der Waals surface area contributed by atoms with Gasteiger partial charge in [0, 0.05) is 12.6 Å². The van der Waals surface area contributed by atoms with E-state index in [4.69, 9.17) is 0 Å². The Bertz CT molecular complexity index is 664. The molecule has 3 heteroatoms. The second-order valence-corrected chi connectivity index (χ2v) is 5.02. The monoisotopic (exact) mass is 265 g/mol. The Kier molecular flexibility index (Phi) is 3.11. The molecule has 3 rings (SSSR count). The SMILES string of the molecule is CN1C(=O)C(Cc2ccccc2)C(=O)c2ccccc21. The molecule has 1 amide bonds. The van der Waals surface area contributed by atoms with Crippen LogP contribution in [0, 0.1) is 5.92 Å². The Balaban J connectivity index is 1.97. The van der Waals surface area contributed by atoms with Crippen LogP contribution in [0.4, 0.5) is 5.69 Å². The van der Waals surface area contributed by atoms with Gasteiger partial charge in [0.05, 0.1) is 5.69 Å². The molecule has 0 fully saturated rings. The van der Waals surface area contributed by atoms with E-state index in [1.54, 1.807) is 18.0 Å². The Morgan fingerprint density at radius 2 is 1.60 bits per heavy atom. The normalized spacial score (nSPS) is 18.1. The Labute approximate surface area is 117 Å². The van der Waals surface area contributed by atoms with E-state index in [2.05, 4.69) is 0 Å². The maximum atomic E-state index is 12.5. The summed E-state index contributed by atoms with van der Waals surface area (Å²) in [5.41, 5.74) is 2.34. The highest BCUT2D eigenvalue weighted by Crippen LogP contribution is 2.30. The Morgan fingerprint density at radius 1 is 0.950 bits per heavy atom. The molecular formula is C17H15NO2. The number of anilines is 1. The second-order valence-electron chi connectivity index (χ2n) is 5.02. The fourth-order valence-electron chi connectivity index (χ4n) is 2.66. The number of amides is 1. The molecule has 1 aliphatic heterocycles. The minimum absolute atomic E-state index is 0.0763.